The molecule has 1 saturated heterocycles. The third-order valence-electron chi connectivity index (χ3n) is 6.00. The summed E-state index contributed by atoms with van der Waals surface area (Å²) in [5.41, 5.74) is -4.10. The van der Waals surface area contributed by atoms with Gasteiger partial charge < -0.3 is 10.0 Å². The highest BCUT2D eigenvalue weighted by molar-refractivity contribution is 5.81. The highest BCUT2D eigenvalue weighted by Gasteiger charge is 2.71. The van der Waals surface area contributed by atoms with E-state index < -0.39 is 23.0 Å². The average Bonchev–Trinajstić information content (AvgIpc) is 2.88. The summed E-state index contributed by atoms with van der Waals surface area (Å²) < 4.78 is 54.8. The van der Waals surface area contributed by atoms with Crippen molar-refractivity contribution in [1.82, 2.24) is 4.90 Å². The molecule has 0 aromatic heterocycles. The number of allylic oxidation sites excluding steroid dienone is 2. The number of nitrogens with zero attached hydrogens (tertiary/aromatic N) is 1. The van der Waals surface area contributed by atoms with Crippen molar-refractivity contribution in [2.24, 2.45) is 0 Å². The normalized spacial score (nSPS) is 29.5. The first kappa shape index (κ1) is 23.3. The maximum atomic E-state index is 14.3. The summed E-state index contributed by atoms with van der Waals surface area (Å²) in [5.74, 6) is -0.157. The number of hydrogen-bond acceptors (Lipinski definition) is 2. The monoisotopic (exact) mass is 437 g/mol. The Kier molecular flexibility index (Phi) is 6.20. The van der Waals surface area contributed by atoms with E-state index in [9.17, 15) is 27.5 Å². The van der Waals surface area contributed by atoms with Gasteiger partial charge >= 0.3 is 6.18 Å². The molecule has 1 heterocycles. The summed E-state index contributed by atoms with van der Waals surface area (Å²) >= 11 is 0. The van der Waals surface area contributed by atoms with Crippen LogP contribution in [-0.2, 0) is 11.2 Å². The predicted molar refractivity (Wildman–Crippen MR) is 111 cm³/mol. The number of aliphatic hydroxyl groups is 1. The van der Waals surface area contributed by atoms with E-state index in [0.717, 1.165) is 17.2 Å². The van der Waals surface area contributed by atoms with Gasteiger partial charge in [0.15, 0.2) is 5.67 Å². The van der Waals surface area contributed by atoms with Gasteiger partial charge in [-0.3, -0.25) is 4.79 Å². The molecule has 168 valence electrons. The van der Waals surface area contributed by atoms with Crippen LogP contribution >= 0.6 is 0 Å². The Morgan fingerprint density at radius 3 is 2.58 bits per heavy atom. The van der Waals surface area contributed by atoms with E-state index in [1.54, 1.807) is 17.9 Å². The summed E-state index contributed by atoms with van der Waals surface area (Å²) in [6.45, 7) is 4.81. The zero-order valence-corrected chi connectivity index (χ0v) is 17.9. The van der Waals surface area contributed by atoms with Crippen LogP contribution in [0.15, 0.2) is 59.3 Å². The van der Waals surface area contributed by atoms with E-state index in [2.05, 4.69) is 0 Å². The van der Waals surface area contributed by atoms with Gasteiger partial charge in [-0.1, -0.05) is 42.0 Å². The zero-order chi connectivity index (χ0) is 23.0. The molecule has 1 amide bonds. The number of benzene rings is 1. The van der Waals surface area contributed by atoms with Crippen molar-refractivity contribution in [3.05, 3.63) is 70.5 Å². The minimum Gasteiger partial charge on any atom is -0.374 e. The molecular formula is C24H27F4NO2. The van der Waals surface area contributed by atoms with Crippen LogP contribution in [0.1, 0.15) is 44.2 Å². The van der Waals surface area contributed by atoms with Crippen LogP contribution in [0.5, 0.6) is 0 Å². The number of rotatable bonds is 3. The van der Waals surface area contributed by atoms with Crippen molar-refractivity contribution in [2.45, 2.75) is 63.9 Å². The Balaban J connectivity index is 1.92. The number of alkyl halides is 4. The van der Waals surface area contributed by atoms with Crippen LogP contribution in [0.25, 0.3) is 0 Å². The molecule has 0 radical (unpaired) electrons. The van der Waals surface area contributed by atoms with Crippen molar-refractivity contribution in [3.8, 4) is 0 Å². The Bertz CT molecular complexity index is 959. The van der Waals surface area contributed by atoms with Crippen LogP contribution in [0, 0.1) is 6.92 Å². The van der Waals surface area contributed by atoms with Gasteiger partial charge in [0.1, 0.15) is 0 Å². The van der Waals surface area contributed by atoms with Gasteiger partial charge in [0, 0.05) is 12.2 Å². The van der Waals surface area contributed by atoms with Crippen LogP contribution in [0.3, 0.4) is 0 Å². The molecule has 31 heavy (non-hydrogen) atoms. The largest absolute Gasteiger partial charge is 0.424 e. The van der Waals surface area contributed by atoms with Crippen LogP contribution in [0.2, 0.25) is 0 Å². The summed E-state index contributed by atoms with van der Waals surface area (Å²) in [6, 6.07) is 7.59. The molecule has 0 bridgehead atoms. The Morgan fingerprint density at radius 1 is 1.29 bits per heavy atom. The highest BCUT2D eigenvalue weighted by Crippen LogP contribution is 2.54. The van der Waals surface area contributed by atoms with Crippen molar-refractivity contribution in [2.75, 3.05) is 6.54 Å². The Morgan fingerprint density at radius 2 is 2.00 bits per heavy atom. The summed E-state index contributed by atoms with van der Waals surface area (Å²) in [4.78, 5) is 14.6. The van der Waals surface area contributed by atoms with Crippen LogP contribution in [0.4, 0.5) is 17.6 Å². The number of likely N-dealkylation sites (tertiary alicyclic amines) is 1. The number of carbonyl (C=O) groups excluding carboxylic acids is 1. The lowest BCUT2D eigenvalue weighted by molar-refractivity contribution is -0.285. The van der Waals surface area contributed by atoms with Gasteiger partial charge in [-0.05, 0) is 62.8 Å². The highest BCUT2D eigenvalue weighted by atomic mass is 19.4. The number of amides is 1. The average molecular weight is 437 g/mol. The van der Waals surface area contributed by atoms with Gasteiger partial charge in [0.25, 0.3) is 0 Å². The second kappa shape index (κ2) is 8.26. The Labute approximate surface area is 179 Å². The van der Waals surface area contributed by atoms with Gasteiger partial charge in [-0.2, -0.15) is 13.2 Å². The molecule has 7 heteroatoms. The molecule has 2 atom stereocenters. The summed E-state index contributed by atoms with van der Waals surface area (Å²) in [7, 11) is 0. The van der Waals surface area contributed by atoms with Crippen molar-refractivity contribution < 1.29 is 27.5 Å². The third kappa shape index (κ3) is 4.20. The maximum absolute atomic E-state index is 14.3. The molecule has 0 saturated carbocycles. The summed E-state index contributed by atoms with van der Waals surface area (Å²) in [5, 5.41) is 10.2. The van der Waals surface area contributed by atoms with Crippen molar-refractivity contribution in [1.29, 1.82) is 0 Å². The molecule has 1 fully saturated rings. The van der Waals surface area contributed by atoms with Gasteiger partial charge in [0.2, 0.25) is 11.5 Å². The molecule has 1 aromatic rings. The first-order valence-electron chi connectivity index (χ1n) is 10.3. The zero-order valence-electron chi connectivity index (χ0n) is 17.9. The molecule has 1 N–H and O–H groups in total. The molecule has 3 rings (SSSR count). The molecule has 3 nitrogen and oxygen atoms in total. The fourth-order valence-corrected chi connectivity index (χ4v) is 4.33. The molecule has 1 aromatic carbocycles. The molecule has 2 unspecified atom stereocenters. The number of aryl methyl sites for hydroxylation is 1. The van der Waals surface area contributed by atoms with E-state index >= 15 is 0 Å². The van der Waals surface area contributed by atoms with E-state index in [1.165, 1.54) is 6.08 Å². The Hall–Kier alpha value is -2.41. The fourth-order valence-electron chi connectivity index (χ4n) is 4.33. The van der Waals surface area contributed by atoms with Crippen LogP contribution in [-0.4, -0.2) is 39.9 Å². The number of halogens is 4. The summed E-state index contributed by atoms with van der Waals surface area (Å²) in [6.07, 6.45) is 0.490. The second-order valence-electron chi connectivity index (χ2n) is 8.40. The van der Waals surface area contributed by atoms with Crippen molar-refractivity contribution in [3.63, 3.8) is 0 Å². The first-order valence-corrected chi connectivity index (χ1v) is 10.3. The first-order chi connectivity index (χ1) is 14.4. The van der Waals surface area contributed by atoms with Crippen LogP contribution < -0.4 is 0 Å². The van der Waals surface area contributed by atoms with Gasteiger partial charge in [-0.15, -0.1) is 0 Å². The minimum absolute atomic E-state index is 0.157. The standard InChI is InChI=1S/C24H27F4NO2/c1-4-20-18(14-19-15-22(3,25)23(19,31)24(26,27)28)10-5-6-11-29(20)21(30)13-17-9-7-8-16(2)12-17/h4,7-9,12,14-15,31H,5-6,10-11,13H2,1-3H3/b18-14-,20-4?. The fraction of sp³-hybridized carbons (Fsp3) is 0.458. The lowest BCUT2D eigenvalue weighted by Crippen LogP contribution is -2.65. The topological polar surface area (TPSA) is 40.5 Å². The smallest absolute Gasteiger partial charge is 0.374 e. The maximum Gasteiger partial charge on any atom is 0.424 e. The minimum atomic E-state index is -5.15. The third-order valence-corrected chi connectivity index (χ3v) is 6.00. The van der Waals surface area contributed by atoms with Gasteiger partial charge in [-0.25, -0.2) is 4.39 Å². The molecule has 2 aliphatic rings. The van der Waals surface area contributed by atoms with Crippen molar-refractivity contribution >= 4 is 5.91 Å². The van der Waals surface area contributed by atoms with E-state index in [-0.39, 0.29) is 12.3 Å². The molecule has 1 aliphatic heterocycles. The van der Waals surface area contributed by atoms with E-state index in [1.807, 2.05) is 31.2 Å². The second-order valence-corrected chi connectivity index (χ2v) is 8.40. The molecule has 1 aliphatic carbocycles. The van der Waals surface area contributed by atoms with E-state index in [4.69, 9.17) is 0 Å². The SMILES string of the molecule is CC=C1/C(=C\C2=CC(C)(F)C2(O)C(F)(F)F)CCCCN1C(=O)Cc1cccc(C)c1. The van der Waals surface area contributed by atoms with Gasteiger partial charge in [0.05, 0.1) is 6.42 Å². The molecule has 0 spiro atoms. The predicted octanol–water partition coefficient (Wildman–Crippen LogP) is 5.34. The van der Waals surface area contributed by atoms with E-state index in [0.29, 0.717) is 44.0 Å². The quantitative estimate of drug-likeness (QED) is 0.649. The molecular weight excluding hydrogens is 410 g/mol. The lowest BCUT2D eigenvalue weighted by Gasteiger charge is -2.47. The number of hydrogen-bond donors (Lipinski definition) is 1. The lowest BCUT2D eigenvalue weighted by atomic mass is 9.67. The number of carbonyl (C=O) groups is 1.